The van der Waals surface area contributed by atoms with Gasteiger partial charge in [-0.15, -0.1) is 0 Å². The Bertz CT molecular complexity index is 721. The van der Waals surface area contributed by atoms with Crippen molar-refractivity contribution in [3.8, 4) is 5.75 Å². The van der Waals surface area contributed by atoms with E-state index in [-0.39, 0.29) is 6.04 Å². The first-order chi connectivity index (χ1) is 10.00. The van der Waals surface area contributed by atoms with Gasteiger partial charge in [-0.2, -0.15) is 0 Å². The van der Waals surface area contributed by atoms with Crippen molar-refractivity contribution in [2.24, 2.45) is 0 Å². The summed E-state index contributed by atoms with van der Waals surface area (Å²) in [6.45, 7) is 3.95. The maximum atomic E-state index is 12.4. The lowest BCUT2D eigenvalue weighted by molar-refractivity contribution is 0.415. The number of benzene rings is 2. The molecule has 5 heteroatoms. The van der Waals surface area contributed by atoms with Crippen molar-refractivity contribution in [3.05, 3.63) is 36.4 Å². The van der Waals surface area contributed by atoms with E-state index in [1.807, 2.05) is 32.0 Å². The highest BCUT2D eigenvalue weighted by Crippen LogP contribution is 2.23. The molecule has 0 saturated carbocycles. The predicted octanol–water partition coefficient (Wildman–Crippen LogP) is 3.32. The summed E-state index contributed by atoms with van der Waals surface area (Å²) in [7, 11) is -1.86. The van der Waals surface area contributed by atoms with Crippen LogP contribution in [0.25, 0.3) is 10.8 Å². The van der Waals surface area contributed by atoms with Gasteiger partial charge >= 0.3 is 0 Å². The summed E-state index contributed by atoms with van der Waals surface area (Å²) < 4.78 is 32.7. The van der Waals surface area contributed by atoms with Crippen LogP contribution in [0.5, 0.6) is 5.75 Å². The van der Waals surface area contributed by atoms with E-state index in [1.54, 1.807) is 25.3 Å². The van der Waals surface area contributed by atoms with Crippen molar-refractivity contribution in [2.45, 2.75) is 37.6 Å². The largest absolute Gasteiger partial charge is 0.497 e. The van der Waals surface area contributed by atoms with E-state index in [4.69, 9.17) is 4.74 Å². The molecule has 21 heavy (non-hydrogen) atoms. The summed E-state index contributed by atoms with van der Waals surface area (Å²) in [6.07, 6.45) is 1.56. The molecule has 0 unspecified atom stereocenters. The van der Waals surface area contributed by atoms with Crippen LogP contribution in [0.4, 0.5) is 0 Å². The minimum atomic E-state index is -3.47. The zero-order valence-corrected chi connectivity index (χ0v) is 13.4. The standard InChI is InChI=1S/C16H21NO3S/c1-4-14(5-2)17-21(18,19)16-9-7-12-10-15(20-3)8-6-13(12)11-16/h6-11,14,17H,4-5H2,1-3H3. The number of nitrogens with one attached hydrogen (secondary N) is 1. The van der Waals surface area contributed by atoms with E-state index < -0.39 is 10.0 Å². The average Bonchev–Trinajstić information content (AvgIpc) is 2.51. The summed E-state index contributed by atoms with van der Waals surface area (Å²) in [6, 6.07) is 10.7. The number of methoxy groups -OCH3 is 1. The van der Waals surface area contributed by atoms with Crippen molar-refractivity contribution in [2.75, 3.05) is 7.11 Å². The van der Waals surface area contributed by atoms with Crippen LogP contribution < -0.4 is 9.46 Å². The molecule has 0 spiro atoms. The normalized spacial score (nSPS) is 12.0. The van der Waals surface area contributed by atoms with Gasteiger partial charge in [-0.25, -0.2) is 13.1 Å². The summed E-state index contributed by atoms with van der Waals surface area (Å²) in [5.41, 5.74) is 0. The van der Waals surface area contributed by atoms with Crippen LogP contribution in [-0.2, 0) is 10.0 Å². The Kier molecular flexibility index (Phi) is 4.85. The van der Waals surface area contributed by atoms with Gasteiger partial charge in [0.2, 0.25) is 10.0 Å². The molecule has 114 valence electrons. The Hall–Kier alpha value is -1.59. The third kappa shape index (κ3) is 3.54. The lowest BCUT2D eigenvalue weighted by Gasteiger charge is -2.15. The van der Waals surface area contributed by atoms with Crippen LogP contribution in [0.15, 0.2) is 41.3 Å². The Morgan fingerprint density at radius 2 is 1.67 bits per heavy atom. The van der Waals surface area contributed by atoms with Crippen LogP contribution >= 0.6 is 0 Å². The van der Waals surface area contributed by atoms with Gasteiger partial charge < -0.3 is 4.74 Å². The van der Waals surface area contributed by atoms with Crippen molar-refractivity contribution in [1.29, 1.82) is 0 Å². The first kappa shape index (κ1) is 15.8. The molecule has 2 aromatic carbocycles. The van der Waals surface area contributed by atoms with Gasteiger partial charge in [0, 0.05) is 6.04 Å². The van der Waals surface area contributed by atoms with Crippen molar-refractivity contribution in [1.82, 2.24) is 4.72 Å². The molecule has 0 heterocycles. The van der Waals surface area contributed by atoms with Crippen LogP contribution in [-0.4, -0.2) is 21.6 Å². The molecular weight excluding hydrogens is 286 g/mol. The highest BCUT2D eigenvalue weighted by atomic mass is 32.2. The molecule has 2 rings (SSSR count). The fraction of sp³-hybridized carbons (Fsp3) is 0.375. The number of hydrogen-bond donors (Lipinski definition) is 1. The zero-order valence-electron chi connectivity index (χ0n) is 12.6. The molecule has 0 radical (unpaired) electrons. The molecule has 0 aliphatic heterocycles. The molecule has 4 nitrogen and oxygen atoms in total. The van der Waals surface area contributed by atoms with E-state index in [0.717, 1.165) is 29.4 Å². The van der Waals surface area contributed by atoms with Crippen molar-refractivity contribution < 1.29 is 13.2 Å². The monoisotopic (exact) mass is 307 g/mol. The number of hydrogen-bond acceptors (Lipinski definition) is 3. The molecule has 0 amide bonds. The second-order valence-corrected chi connectivity index (χ2v) is 6.72. The van der Waals surface area contributed by atoms with Crippen molar-refractivity contribution >= 4 is 20.8 Å². The highest BCUT2D eigenvalue weighted by molar-refractivity contribution is 7.89. The van der Waals surface area contributed by atoms with Gasteiger partial charge in [-0.05, 0) is 47.9 Å². The summed E-state index contributed by atoms with van der Waals surface area (Å²) in [5.74, 6) is 0.758. The van der Waals surface area contributed by atoms with Gasteiger partial charge in [0.1, 0.15) is 5.75 Å². The topological polar surface area (TPSA) is 55.4 Å². The van der Waals surface area contributed by atoms with Crippen molar-refractivity contribution in [3.63, 3.8) is 0 Å². The van der Waals surface area contributed by atoms with E-state index in [2.05, 4.69) is 4.72 Å². The lowest BCUT2D eigenvalue weighted by atomic mass is 10.1. The van der Waals surface area contributed by atoms with Crippen LogP contribution in [0.2, 0.25) is 0 Å². The first-order valence-corrected chi connectivity index (χ1v) is 8.58. The quantitative estimate of drug-likeness (QED) is 0.890. The van der Waals surface area contributed by atoms with E-state index in [0.29, 0.717) is 4.90 Å². The Morgan fingerprint density at radius 1 is 1.05 bits per heavy atom. The van der Waals surface area contributed by atoms with E-state index >= 15 is 0 Å². The number of fused-ring (bicyclic) bond motifs is 1. The number of sulfonamides is 1. The number of rotatable bonds is 6. The molecule has 0 bridgehead atoms. The zero-order chi connectivity index (χ0) is 15.5. The summed E-state index contributed by atoms with van der Waals surface area (Å²) >= 11 is 0. The SMILES string of the molecule is CCC(CC)NS(=O)(=O)c1ccc2cc(OC)ccc2c1. The molecular formula is C16H21NO3S. The van der Waals surface area contributed by atoms with Gasteiger partial charge in [-0.1, -0.05) is 26.0 Å². The van der Waals surface area contributed by atoms with Crippen LogP contribution in [0, 0.1) is 0 Å². The minimum absolute atomic E-state index is 0.0263. The molecule has 0 fully saturated rings. The maximum absolute atomic E-state index is 12.4. The second-order valence-electron chi connectivity index (χ2n) is 5.01. The Labute approximate surface area is 126 Å². The van der Waals surface area contributed by atoms with Gasteiger partial charge in [0.15, 0.2) is 0 Å². The molecule has 0 saturated heterocycles. The average molecular weight is 307 g/mol. The summed E-state index contributed by atoms with van der Waals surface area (Å²) in [5, 5.41) is 1.83. The molecule has 0 aromatic heterocycles. The lowest BCUT2D eigenvalue weighted by Crippen LogP contribution is -2.33. The third-order valence-electron chi connectivity index (χ3n) is 3.64. The predicted molar refractivity (Wildman–Crippen MR) is 85.2 cm³/mol. The molecule has 2 aromatic rings. The third-order valence-corrected chi connectivity index (χ3v) is 5.15. The van der Waals surface area contributed by atoms with E-state index in [1.165, 1.54) is 0 Å². The smallest absolute Gasteiger partial charge is 0.240 e. The highest BCUT2D eigenvalue weighted by Gasteiger charge is 2.18. The molecule has 0 atom stereocenters. The van der Waals surface area contributed by atoms with Crippen LogP contribution in [0.1, 0.15) is 26.7 Å². The fourth-order valence-electron chi connectivity index (χ4n) is 2.24. The summed E-state index contributed by atoms with van der Waals surface area (Å²) in [4.78, 5) is 0.298. The Morgan fingerprint density at radius 3 is 2.29 bits per heavy atom. The van der Waals surface area contributed by atoms with Gasteiger partial charge in [0.25, 0.3) is 0 Å². The molecule has 0 aliphatic rings. The van der Waals surface area contributed by atoms with Crippen LogP contribution in [0.3, 0.4) is 0 Å². The fourth-order valence-corrected chi connectivity index (χ4v) is 3.68. The first-order valence-electron chi connectivity index (χ1n) is 7.10. The Balaban J connectivity index is 2.38. The van der Waals surface area contributed by atoms with E-state index in [9.17, 15) is 8.42 Å². The van der Waals surface area contributed by atoms with Gasteiger partial charge in [0.05, 0.1) is 12.0 Å². The molecule has 0 aliphatic carbocycles. The maximum Gasteiger partial charge on any atom is 0.240 e. The molecule has 1 N–H and O–H groups in total. The minimum Gasteiger partial charge on any atom is -0.497 e. The second kappa shape index (κ2) is 6.45. The number of ether oxygens (including phenoxy) is 1. The van der Waals surface area contributed by atoms with Gasteiger partial charge in [-0.3, -0.25) is 0 Å².